The fourth-order valence-corrected chi connectivity index (χ4v) is 2.12. The van der Waals surface area contributed by atoms with Crippen molar-refractivity contribution < 1.29 is 14.3 Å². The molecular formula is C14H18ClNO3. The second-order valence-corrected chi connectivity index (χ2v) is 5.07. The van der Waals surface area contributed by atoms with E-state index in [-0.39, 0.29) is 18.6 Å². The Morgan fingerprint density at radius 2 is 2.42 bits per heavy atom. The third-order valence-corrected chi connectivity index (χ3v) is 3.31. The van der Waals surface area contributed by atoms with Crippen LogP contribution in [0, 0.1) is 6.92 Å². The van der Waals surface area contributed by atoms with Gasteiger partial charge in [0.15, 0.2) is 6.61 Å². The molecule has 0 unspecified atom stereocenters. The van der Waals surface area contributed by atoms with Crippen molar-refractivity contribution in [2.24, 2.45) is 0 Å². The van der Waals surface area contributed by atoms with Crippen LogP contribution in [0.1, 0.15) is 18.4 Å². The van der Waals surface area contributed by atoms with Gasteiger partial charge < -0.3 is 14.8 Å². The molecule has 0 saturated carbocycles. The molecule has 1 N–H and O–H groups in total. The molecule has 19 heavy (non-hydrogen) atoms. The maximum atomic E-state index is 11.6. The summed E-state index contributed by atoms with van der Waals surface area (Å²) in [6.45, 7) is 3.25. The fraction of sp³-hybridized carbons (Fsp3) is 0.500. The topological polar surface area (TPSA) is 47.6 Å². The third-order valence-electron chi connectivity index (χ3n) is 3.00. The van der Waals surface area contributed by atoms with Crippen LogP contribution in [-0.4, -0.2) is 31.8 Å². The molecule has 1 atom stereocenters. The zero-order valence-electron chi connectivity index (χ0n) is 10.9. The second kappa shape index (κ2) is 6.78. The number of nitrogens with one attached hydrogen (secondary N) is 1. The van der Waals surface area contributed by atoms with Crippen molar-refractivity contribution in [3.63, 3.8) is 0 Å². The van der Waals surface area contributed by atoms with Gasteiger partial charge in [0.2, 0.25) is 0 Å². The molecule has 1 heterocycles. The van der Waals surface area contributed by atoms with Gasteiger partial charge in [0.05, 0.1) is 11.1 Å². The summed E-state index contributed by atoms with van der Waals surface area (Å²) in [6, 6.07) is 5.47. The number of amides is 1. The van der Waals surface area contributed by atoms with E-state index in [4.69, 9.17) is 21.1 Å². The van der Waals surface area contributed by atoms with Crippen molar-refractivity contribution in [3.05, 3.63) is 28.8 Å². The summed E-state index contributed by atoms with van der Waals surface area (Å²) in [5, 5.41) is 3.31. The van der Waals surface area contributed by atoms with E-state index >= 15 is 0 Å². The van der Waals surface area contributed by atoms with Gasteiger partial charge in [-0.1, -0.05) is 17.7 Å². The number of aryl methyl sites for hydroxylation is 1. The van der Waals surface area contributed by atoms with Crippen molar-refractivity contribution >= 4 is 17.5 Å². The smallest absolute Gasteiger partial charge is 0.258 e. The lowest BCUT2D eigenvalue weighted by Crippen LogP contribution is -2.35. The minimum absolute atomic E-state index is 0.0319. The van der Waals surface area contributed by atoms with Gasteiger partial charge in [0.25, 0.3) is 5.91 Å². The second-order valence-electron chi connectivity index (χ2n) is 4.66. The summed E-state index contributed by atoms with van der Waals surface area (Å²) >= 11 is 5.98. The van der Waals surface area contributed by atoms with E-state index in [1.54, 1.807) is 6.07 Å². The van der Waals surface area contributed by atoms with Crippen LogP contribution in [0.25, 0.3) is 0 Å². The molecule has 2 rings (SSSR count). The molecule has 0 radical (unpaired) electrons. The Morgan fingerprint density at radius 1 is 1.58 bits per heavy atom. The molecule has 1 saturated heterocycles. The van der Waals surface area contributed by atoms with Crippen LogP contribution >= 0.6 is 11.6 Å². The normalized spacial score (nSPS) is 18.3. The minimum Gasteiger partial charge on any atom is -0.482 e. The van der Waals surface area contributed by atoms with Crippen molar-refractivity contribution in [2.75, 3.05) is 19.8 Å². The molecule has 1 aromatic carbocycles. The Kier molecular flexibility index (Phi) is 5.05. The lowest BCUT2D eigenvalue weighted by atomic mass is 10.2. The van der Waals surface area contributed by atoms with E-state index in [0.717, 1.165) is 25.0 Å². The first-order chi connectivity index (χ1) is 9.15. The molecule has 1 aliphatic rings. The molecule has 0 aliphatic carbocycles. The van der Waals surface area contributed by atoms with Gasteiger partial charge in [0, 0.05) is 13.2 Å². The quantitative estimate of drug-likeness (QED) is 0.902. The van der Waals surface area contributed by atoms with Crippen LogP contribution in [0.5, 0.6) is 5.75 Å². The lowest BCUT2D eigenvalue weighted by molar-refractivity contribution is -0.123. The molecule has 4 nitrogen and oxygen atoms in total. The third kappa shape index (κ3) is 4.40. The number of halogens is 1. The largest absolute Gasteiger partial charge is 0.482 e. The van der Waals surface area contributed by atoms with Crippen molar-refractivity contribution in [3.8, 4) is 5.75 Å². The number of hydrogen-bond acceptors (Lipinski definition) is 3. The van der Waals surface area contributed by atoms with Crippen molar-refractivity contribution in [2.45, 2.75) is 25.9 Å². The Morgan fingerprint density at radius 3 is 3.16 bits per heavy atom. The SMILES string of the molecule is Cc1ccc(Cl)c(OCC(=O)NC[C@@H]2CCCO2)c1. The maximum absolute atomic E-state index is 11.6. The van der Waals surface area contributed by atoms with Crippen molar-refractivity contribution in [1.29, 1.82) is 0 Å². The molecule has 104 valence electrons. The van der Waals surface area contributed by atoms with E-state index in [1.165, 1.54) is 0 Å². The summed E-state index contributed by atoms with van der Waals surface area (Å²) in [5.74, 6) is 0.377. The van der Waals surface area contributed by atoms with Gasteiger partial charge in [-0.15, -0.1) is 0 Å². The highest BCUT2D eigenvalue weighted by Crippen LogP contribution is 2.25. The monoisotopic (exact) mass is 283 g/mol. The van der Waals surface area contributed by atoms with E-state index in [0.29, 0.717) is 17.3 Å². The predicted molar refractivity (Wildman–Crippen MR) is 73.7 cm³/mol. The molecule has 1 aromatic rings. The zero-order chi connectivity index (χ0) is 13.7. The Balaban J connectivity index is 1.74. The highest BCUT2D eigenvalue weighted by atomic mass is 35.5. The summed E-state index contributed by atoms with van der Waals surface area (Å²) in [4.78, 5) is 11.6. The Bertz CT molecular complexity index is 444. The van der Waals surface area contributed by atoms with Gasteiger partial charge in [-0.05, 0) is 37.5 Å². The molecule has 1 aliphatic heterocycles. The highest BCUT2D eigenvalue weighted by Gasteiger charge is 2.16. The Labute approximate surface area is 118 Å². The molecule has 0 bridgehead atoms. The first-order valence-electron chi connectivity index (χ1n) is 6.42. The summed E-state index contributed by atoms with van der Waals surface area (Å²) in [7, 11) is 0. The number of rotatable bonds is 5. The number of carbonyl (C=O) groups excluding carboxylic acids is 1. The first kappa shape index (κ1) is 14.2. The van der Waals surface area contributed by atoms with Gasteiger partial charge in [0.1, 0.15) is 5.75 Å². The predicted octanol–water partition coefficient (Wildman–Crippen LogP) is 2.32. The minimum atomic E-state index is -0.159. The number of hydrogen-bond donors (Lipinski definition) is 1. The maximum Gasteiger partial charge on any atom is 0.258 e. The first-order valence-corrected chi connectivity index (χ1v) is 6.80. The zero-order valence-corrected chi connectivity index (χ0v) is 11.7. The summed E-state index contributed by atoms with van der Waals surface area (Å²) < 4.78 is 10.8. The average Bonchev–Trinajstić information content (AvgIpc) is 2.90. The molecule has 1 amide bonds. The highest BCUT2D eigenvalue weighted by molar-refractivity contribution is 6.32. The Hall–Kier alpha value is -1.26. The van der Waals surface area contributed by atoms with Crippen LogP contribution in [-0.2, 0) is 9.53 Å². The number of ether oxygens (including phenoxy) is 2. The summed E-state index contributed by atoms with van der Waals surface area (Å²) in [6.07, 6.45) is 2.22. The van der Waals surface area contributed by atoms with E-state index < -0.39 is 0 Å². The van der Waals surface area contributed by atoms with Crippen LogP contribution in [0.15, 0.2) is 18.2 Å². The molecular weight excluding hydrogens is 266 g/mol. The van der Waals surface area contributed by atoms with Crippen LogP contribution in [0.4, 0.5) is 0 Å². The van der Waals surface area contributed by atoms with Gasteiger partial charge in [-0.25, -0.2) is 0 Å². The molecule has 0 aromatic heterocycles. The van der Waals surface area contributed by atoms with Gasteiger partial charge >= 0.3 is 0 Å². The number of carbonyl (C=O) groups is 1. The van der Waals surface area contributed by atoms with Crippen molar-refractivity contribution in [1.82, 2.24) is 5.32 Å². The molecule has 0 spiro atoms. The van der Waals surface area contributed by atoms with E-state index in [9.17, 15) is 4.79 Å². The number of benzene rings is 1. The van der Waals surface area contributed by atoms with Gasteiger partial charge in [-0.3, -0.25) is 4.79 Å². The lowest BCUT2D eigenvalue weighted by Gasteiger charge is -2.12. The van der Waals surface area contributed by atoms with E-state index in [2.05, 4.69) is 5.32 Å². The van der Waals surface area contributed by atoms with E-state index in [1.807, 2.05) is 19.1 Å². The standard InChI is InChI=1S/C14H18ClNO3/c1-10-4-5-12(15)13(7-10)19-9-14(17)16-8-11-3-2-6-18-11/h4-5,7,11H,2-3,6,8-9H2,1H3,(H,16,17)/t11-/m0/s1. The van der Waals surface area contributed by atoms with Crippen LogP contribution < -0.4 is 10.1 Å². The summed E-state index contributed by atoms with van der Waals surface area (Å²) in [5.41, 5.74) is 1.04. The average molecular weight is 284 g/mol. The molecule has 5 heteroatoms. The molecule has 1 fully saturated rings. The van der Waals surface area contributed by atoms with Crippen LogP contribution in [0.3, 0.4) is 0 Å². The fourth-order valence-electron chi connectivity index (χ4n) is 1.95. The van der Waals surface area contributed by atoms with Crippen LogP contribution in [0.2, 0.25) is 5.02 Å². The van der Waals surface area contributed by atoms with Gasteiger partial charge in [-0.2, -0.15) is 0 Å².